The molecular weight excluding hydrogens is 419 g/mol. The largest absolute Gasteiger partial charge is 2.00 e. The molecule has 0 aromatic rings. The zero-order valence-electron chi connectivity index (χ0n) is 7.62. The van der Waals surface area contributed by atoms with E-state index < -0.39 is 31.2 Å². The molecule has 17 heavy (non-hydrogen) atoms. The number of hydrogen-bond acceptors (Lipinski definition) is 10. The molecule has 0 aliphatic heterocycles. The fourth-order valence-electron chi connectivity index (χ4n) is 0. The Balaban J connectivity index is -0.0000000400. The molecule has 0 amide bonds. The zero-order valence-corrected chi connectivity index (χ0v) is 16.0. The van der Waals surface area contributed by atoms with E-state index in [0.717, 1.165) is 0 Å². The van der Waals surface area contributed by atoms with E-state index in [4.69, 9.17) is 52.6 Å². The average molecular weight is 421 g/mol. The predicted octanol–water partition coefficient (Wildman–Crippen LogP) is -3.33. The van der Waals surface area contributed by atoms with Crippen molar-refractivity contribution >= 4 is 31.2 Å². The topological polar surface area (TPSA) is 235 Å². The van der Waals surface area contributed by atoms with Crippen molar-refractivity contribution in [1.29, 1.82) is 0 Å². The summed E-state index contributed by atoms with van der Waals surface area (Å²) in [5.41, 5.74) is 0. The fraction of sp³-hybridized carbons (Fsp3) is 0. The Hall–Kier alpha value is 0.857. The van der Waals surface area contributed by atoms with Gasteiger partial charge in [-0.1, -0.05) is 0 Å². The van der Waals surface area contributed by atoms with Gasteiger partial charge in [0.2, 0.25) is 0 Å². The van der Waals surface area contributed by atoms with Crippen molar-refractivity contribution in [2.24, 2.45) is 0 Å². The molecule has 2 N–H and O–H groups in total. The normalized spacial score (nSPS) is 10.2. The second-order valence-corrected chi connectivity index (χ2v) is 3.79. The van der Waals surface area contributed by atoms with Crippen molar-refractivity contribution in [2.75, 3.05) is 0 Å². The van der Waals surface area contributed by atoms with Crippen molar-refractivity contribution in [3.05, 3.63) is 0 Å². The van der Waals surface area contributed by atoms with Gasteiger partial charge in [-0.25, -0.2) is 0 Å². The van der Waals surface area contributed by atoms with Crippen molar-refractivity contribution in [2.45, 2.75) is 0 Å². The van der Waals surface area contributed by atoms with Crippen LogP contribution in [0.3, 0.4) is 0 Å². The summed E-state index contributed by atoms with van der Waals surface area (Å²) in [5.74, 6) is 0. The predicted molar refractivity (Wildman–Crippen MR) is 35.1 cm³/mol. The third-order valence-corrected chi connectivity index (χ3v) is 0. The summed E-state index contributed by atoms with van der Waals surface area (Å²) in [6.45, 7) is 0. The zero-order chi connectivity index (χ0) is 13.5. The van der Waals surface area contributed by atoms with E-state index >= 15 is 0 Å². The van der Waals surface area contributed by atoms with E-state index in [1.807, 2.05) is 0 Å². The van der Waals surface area contributed by atoms with Gasteiger partial charge < -0.3 is 18.2 Å². The molecule has 0 aliphatic rings. The molecule has 17 heteroatoms. The first kappa shape index (κ1) is 30.7. The number of hydrogen-bond donors (Lipinski definition) is 2. The molecule has 0 fully saturated rings. The van der Waals surface area contributed by atoms with Crippen LogP contribution in [0.4, 0.5) is 0 Å². The fourth-order valence-corrected chi connectivity index (χ4v) is 0. The summed E-state index contributed by atoms with van der Waals surface area (Å²) in [5, 5.41) is 0. The second-order valence-electron chi connectivity index (χ2n) is 1.26. The Labute approximate surface area is 122 Å². The third kappa shape index (κ3) is 5070. The average Bonchev–Trinajstić information content (AvgIpc) is 1.41. The Morgan fingerprint density at radius 1 is 0.588 bits per heavy atom. The van der Waals surface area contributed by atoms with Crippen LogP contribution in [0.2, 0.25) is 0 Å². The second kappa shape index (κ2) is 11.9. The Kier molecular flexibility index (Phi) is 21.5. The van der Waals surface area contributed by atoms with Gasteiger partial charge >= 0.3 is 49.4 Å². The van der Waals surface area contributed by atoms with Crippen LogP contribution < -0.4 is 0 Å². The summed E-state index contributed by atoms with van der Waals surface area (Å²) >= 11 is 0. The van der Waals surface area contributed by atoms with Crippen LogP contribution in [0, 0.1) is 0 Å². The summed E-state index contributed by atoms with van der Waals surface area (Å²) in [6.07, 6.45) is 0. The molecule has 0 radical (unpaired) electrons. The van der Waals surface area contributed by atoms with Crippen LogP contribution in [0.1, 0.15) is 0 Å². The molecule has 96 valence electrons. The van der Waals surface area contributed by atoms with Crippen LogP contribution in [0.15, 0.2) is 0 Å². The van der Waals surface area contributed by atoms with Crippen LogP contribution in [0.25, 0.3) is 0 Å². The smallest absolute Gasteiger partial charge is 0.759 e. The summed E-state index contributed by atoms with van der Waals surface area (Å²) in [7, 11) is -15.0. The molecule has 0 heterocycles. The van der Waals surface area contributed by atoms with Gasteiger partial charge in [-0.3, -0.25) is 25.9 Å². The molecule has 0 aromatic heterocycles. The van der Waals surface area contributed by atoms with Gasteiger partial charge in [0.25, 0.3) is 0 Å². The van der Waals surface area contributed by atoms with Gasteiger partial charge in [0.1, 0.15) is 0 Å². The first-order chi connectivity index (χ1) is 6.00. The maximum atomic E-state index is 8.74. The monoisotopic (exact) mass is 418 g/mol. The standard InChI is InChI=1S/3H2O4S.2Zn/c3*1-5(2,3)4;;/h3*(H2,1,2,3,4);;/q;;;2*+2/p-4. The van der Waals surface area contributed by atoms with E-state index in [9.17, 15) is 0 Å². The maximum Gasteiger partial charge on any atom is 2.00 e. The van der Waals surface area contributed by atoms with Crippen molar-refractivity contribution in [1.82, 2.24) is 0 Å². The van der Waals surface area contributed by atoms with Crippen molar-refractivity contribution < 1.29 is 91.5 Å². The Morgan fingerprint density at radius 3 is 0.588 bits per heavy atom. The molecule has 0 saturated carbocycles. The van der Waals surface area contributed by atoms with Gasteiger partial charge in [0.15, 0.2) is 0 Å². The van der Waals surface area contributed by atoms with E-state index in [-0.39, 0.29) is 39.0 Å². The third-order valence-electron chi connectivity index (χ3n) is 0. The molecule has 0 saturated heterocycles. The van der Waals surface area contributed by atoms with E-state index in [1.54, 1.807) is 0 Å². The molecule has 0 aromatic carbocycles. The SMILES string of the molecule is O=S(=O)(O)O.O=S(=O)([O-])[O-].O=S(=O)([O-])[O-].[Zn+2].[Zn+2]. The minimum atomic E-state index is -5.17. The maximum absolute atomic E-state index is 8.74. The van der Waals surface area contributed by atoms with Gasteiger partial charge in [0, 0.05) is 20.8 Å². The minimum absolute atomic E-state index is 0. The van der Waals surface area contributed by atoms with Crippen molar-refractivity contribution in [3.63, 3.8) is 0 Å². The van der Waals surface area contributed by atoms with Gasteiger partial charge in [-0.05, 0) is 0 Å². The molecule has 0 aliphatic carbocycles. The first-order valence-electron chi connectivity index (χ1n) is 2.03. The van der Waals surface area contributed by atoms with E-state index in [0.29, 0.717) is 0 Å². The number of rotatable bonds is 0. The van der Waals surface area contributed by atoms with Crippen molar-refractivity contribution in [3.8, 4) is 0 Å². The molecule has 12 nitrogen and oxygen atoms in total. The summed E-state index contributed by atoms with van der Waals surface area (Å²) in [6, 6.07) is 0. The summed E-state index contributed by atoms with van der Waals surface area (Å²) in [4.78, 5) is 0. The molecule has 0 bridgehead atoms. The van der Waals surface area contributed by atoms with Gasteiger partial charge in [-0.2, -0.15) is 8.42 Å². The molecular formula is H2O12S3Zn2. The summed E-state index contributed by atoms with van der Waals surface area (Å²) < 4.78 is 99.7. The van der Waals surface area contributed by atoms with Gasteiger partial charge in [-0.15, -0.1) is 0 Å². The minimum Gasteiger partial charge on any atom is -0.759 e. The van der Waals surface area contributed by atoms with E-state index in [1.165, 1.54) is 0 Å². The van der Waals surface area contributed by atoms with Crippen LogP contribution >= 0.6 is 0 Å². The quantitative estimate of drug-likeness (QED) is 0.222. The molecule has 0 rings (SSSR count). The Morgan fingerprint density at radius 2 is 0.588 bits per heavy atom. The Bertz CT molecular complexity index is 341. The van der Waals surface area contributed by atoms with Gasteiger partial charge in [0.05, 0.1) is 0 Å². The molecule has 0 atom stereocenters. The first-order valence-corrected chi connectivity index (χ1v) is 6.10. The molecule has 0 unspecified atom stereocenters. The molecule has 0 spiro atoms. The van der Waals surface area contributed by atoms with Crippen LogP contribution in [0.5, 0.6) is 0 Å². The van der Waals surface area contributed by atoms with E-state index in [2.05, 4.69) is 0 Å². The van der Waals surface area contributed by atoms with Crippen LogP contribution in [-0.4, -0.2) is 52.6 Å². The van der Waals surface area contributed by atoms with Crippen LogP contribution in [-0.2, 0) is 70.2 Å².